The second kappa shape index (κ2) is 2.72. The fraction of sp³-hybridized carbons (Fsp3) is 0.333. The molecule has 1 aromatic heterocycles. The van der Waals surface area contributed by atoms with E-state index in [1.54, 1.807) is 13.1 Å². The summed E-state index contributed by atoms with van der Waals surface area (Å²) in [6, 6.07) is 1.79. The summed E-state index contributed by atoms with van der Waals surface area (Å²) in [4.78, 5) is 0. The zero-order chi connectivity index (χ0) is 7.56. The summed E-state index contributed by atoms with van der Waals surface area (Å²) in [6.07, 6.45) is 3.13. The van der Waals surface area contributed by atoms with Crippen molar-refractivity contribution in [3.63, 3.8) is 0 Å². The standard InChI is InChI=1S/C6H6ClN3/c1-5(2-8)10-4-6(7)3-9-10/h3-5H,1H3/t5-/m0/s1. The third-order valence-electron chi connectivity index (χ3n) is 1.15. The minimum absolute atomic E-state index is 0.243. The minimum Gasteiger partial charge on any atom is -0.254 e. The van der Waals surface area contributed by atoms with Crippen LogP contribution in [0.1, 0.15) is 13.0 Å². The molecule has 0 fully saturated rings. The van der Waals surface area contributed by atoms with Crippen LogP contribution in [0.25, 0.3) is 0 Å². The predicted octanol–water partition coefficient (Wildman–Crippen LogP) is 1.62. The maximum atomic E-state index is 8.44. The molecule has 52 valence electrons. The van der Waals surface area contributed by atoms with E-state index < -0.39 is 0 Å². The predicted molar refractivity (Wildman–Crippen MR) is 37.6 cm³/mol. The summed E-state index contributed by atoms with van der Waals surface area (Å²) in [5, 5.41) is 12.8. The van der Waals surface area contributed by atoms with Gasteiger partial charge in [-0.2, -0.15) is 10.4 Å². The van der Waals surface area contributed by atoms with Crippen LogP contribution in [0.5, 0.6) is 0 Å². The Kier molecular flexibility index (Phi) is 1.93. The molecule has 0 unspecified atom stereocenters. The first kappa shape index (κ1) is 7.10. The normalized spacial score (nSPS) is 12.5. The van der Waals surface area contributed by atoms with Gasteiger partial charge in [-0.15, -0.1) is 0 Å². The maximum absolute atomic E-state index is 8.44. The molecule has 0 aromatic carbocycles. The maximum Gasteiger partial charge on any atom is 0.135 e. The van der Waals surface area contributed by atoms with Crippen LogP contribution in [0.3, 0.4) is 0 Å². The van der Waals surface area contributed by atoms with Crippen molar-refractivity contribution in [2.24, 2.45) is 0 Å². The van der Waals surface area contributed by atoms with E-state index in [2.05, 4.69) is 5.10 Å². The van der Waals surface area contributed by atoms with Gasteiger partial charge in [-0.3, -0.25) is 4.68 Å². The van der Waals surface area contributed by atoms with Crippen molar-refractivity contribution in [2.45, 2.75) is 13.0 Å². The molecule has 0 aliphatic heterocycles. The van der Waals surface area contributed by atoms with Crippen molar-refractivity contribution in [1.82, 2.24) is 9.78 Å². The van der Waals surface area contributed by atoms with Gasteiger partial charge in [-0.05, 0) is 6.92 Å². The van der Waals surface area contributed by atoms with Gasteiger partial charge in [0.1, 0.15) is 6.04 Å². The highest BCUT2D eigenvalue weighted by Gasteiger charge is 2.01. The Morgan fingerprint density at radius 1 is 1.90 bits per heavy atom. The largest absolute Gasteiger partial charge is 0.254 e. The van der Waals surface area contributed by atoms with Crippen molar-refractivity contribution >= 4 is 11.6 Å². The van der Waals surface area contributed by atoms with E-state index in [-0.39, 0.29) is 6.04 Å². The van der Waals surface area contributed by atoms with Crippen LogP contribution >= 0.6 is 11.6 Å². The van der Waals surface area contributed by atoms with Crippen molar-refractivity contribution < 1.29 is 0 Å². The number of halogens is 1. The molecule has 10 heavy (non-hydrogen) atoms. The topological polar surface area (TPSA) is 41.6 Å². The number of nitriles is 1. The van der Waals surface area contributed by atoms with Gasteiger partial charge in [0, 0.05) is 6.20 Å². The molecule has 0 radical (unpaired) electrons. The summed E-state index contributed by atoms with van der Waals surface area (Å²) < 4.78 is 1.52. The van der Waals surface area contributed by atoms with Gasteiger partial charge < -0.3 is 0 Å². The summed E-state index contributed by atoms with van der Waals surface area (Å²) in [7, 11) is 0. The second-order valence-corrected chi connectivity index (χ2v) is 2.38. The average Bonchev–Trinajstić information content (AvgIpc) is 2.34. The minimum atomic E-state index is -0.243. The SMILES string of the molecule is C[C@@H](C#N)n1cc(Cl)cn1. The van der Waals surface area contributed by atoms with Crippen LogP contribution in [-0.2, 0) is 0 Å². The Morgan fingerprint density at radius 3 is 3.00 bits per heavy atom. The van der Waals surface area contributed by atoms with E-state index in [0.717, 1.165) is 0 Å². The molecule has 0 aliphatic carbocycles. The Morgan fingerprint density at radius 2 is 2.60 bits per heavy atom. The number of aromatic nitrogens is 2. The molecule has 0 bridgehead atoms. The zero-order valence-electron chi connectivity index (χ0n) is 5.45. The summed E-state index contributed by atoms with van der Waals surface area (Å²) in [5.41, 5.74) is 0. The number of hydrogen-bond acceptors (Lipinski definition) is 2. The molecule has 3 nitrogen and oxygen atoms in total. The molecule has 1 rings (SSSR count). The molecular weight excluding hydrogens is 150 g/mol. The number of nitrogens with zero attached hydrogens (tertiary/aromatic N) is 3. The molecule has 0 saturated heterocycles. The average molecular weight is 156 g/mol. The lowest BCUT2D eigenvalue weighted by Gasteiger charge is -1.98. The van der Waals surface area contributed by atoms with Gasteiger partial charge in [-0.25, -0.2) is 0 Å². The third kappa shape index (κ3) is 1.28. The van der Waals surface area contributed by atoms with Crippen LogP contribution in [0.15, 0.2) is 12.4 Å². The number of hydrogen-bond donors (Lipinski definition) is 0. The third-order valence-corrected chi connectivity index (χ3v) is 1.35. The monoisotopic (exact) mass is 155 g/mol. The van der Waals surface area contributed by atoms with Gasteiger partial charge in [-0.1, -0.05) is 11.6 Å². The van der Waals surface area contributed by atoms with Crippen LogP contribution in [0.4, 0.5) is 0 Å². The van der Waals surface area contributed by atoms with Crippen molar-refractivity contribution in [3.8, 4) is 6.07 Å². The zero-order valence-corrected chi connectivity index (χ0v) is 6.21. The fourth-order valence-corrected chi connectivity index (χ4v) is 0.729. The molecule has 0 N–H and O–H groups in total. The molecule has 1 aromatic rings. The smallest absolute Gasteiger partial charge is 0.135 e. The first-order chi connectivity index (χ1) is 4.74. The molecular formula is C6H6ClN3. The van der Waals surface area contributed by atoms with Crippen LogP contribution < -0.4 is 0 Å². The Bertz CT molecular complexity index is 260. The van der Waals surface area contributed by atoms with Gasteiger partial charge in [0.05, 0.1) is 17.3 Å². The molecule has 0 spiro atoms. The van der Waals surface area contributed by atoms with Crippen molar-refractivity contribution in [1.29, 1.82) is 5.26 Å². The Hall–Kier alpha value is -1.01. The summed E-state index contributed by atoms with van der Waals surface area (Å²) >= 11 is 5.57. The van der Waals surface area contributed by atoms with E-state index in [1.807, 2.05) is 6.07 Å². The van der Waals surface area contributed by atoms with Crippen molar-refractivity contribution in [3.05, 3.63) is 17.4 Å². The fourth-order valence-electron chi connectivity index (χ4n) is 0.586. The summed E-state index contributed by atoms with van der Waals surface area (Å²) in [6.45, 7) is 1.75. The first-order valence-corrected chi connectivity index (χ1v) is 3.21. The highest BCUT2D eigenvalue weighted by atomic mass is 35.5. The van der Waals surface area contributed by atoms with Gasteiger partial charge in [0.2, 0.25) is 0 Å². The molecule has 0 saturated carbocycles. The van der Waals surface area contributed by atoms with E-state index in [0.29, 0.717) is 5.02 Å². The Balaban J connectivity index is 2.87. The van der Waals surface area contributed by atoms with Gasteiger partial charge in [0.15, 0.2) is 0 Å². The molecule has 1 heterocycles. The Labute approximate surface area is 63.8 Å². The lowest BCUT2D eigenvalue weighted by molar-refractivity contribution is 0.591. The van der Waals surface area contributed by atoms with Crippen LogP contribution in [-0.4, -0.2) is 9.78 Å². The molecule has 0 aliphatic rings. The lowest BCUT2D eigenvalue weighted by atomic mass is 10.4. The molecule has 0 amide bonds. The molecule has 4 heteroatoms. The second-order valence-electron chi connectivity index (χ2n) is 1.94. The first-order valence-electron chi connectivity index (χ1n) is 2.83. The highest BCUT2D eigenvalue weighted by molar-refractivity contribution is 6.30. The van der Waals surface area contributed by atoms with Gasteiger partial charge in [0.25, 0.3) is 0 Å². The highest BCUT2D eigenvalue weighted by Crippen LogP contribution is 2.09. The molecule has 1 atom stereocenters. The van der Waals surface area contributed by atoms with E-state index in [1.165, 1.54) is 10.9 Å². The van der Waals surface area contributed by atoms with E-state index >= 15 is 0 Å². The number of rotatable bonds is 1. The van der Waals surface area contributed by atoms with E-state index in [9.17, 15) is 0 Å². The lowest BCUT2D eigenvalue weighted by Crippen LogP contribution is -2.01. The van der Waals surface area contributed by atoms with Crippen LogP contribution in [0.2, 0.25) is 5.02 Å². The van der Waals surface area contributed by atoms with Gasteiger partial charge >= 0.3 is 0 Å². The van der Waals surface area contributed by atoms with Crippen LogP contribution in [0, 0.1) is 11.3 Å². The van der Waals surface area contributed by atoms with Crippen molar-refractivity contribution in [2.75, 3.05) is 0 Å². The summed E-state index contributed by atoms with van der Waals surface area (Å²) in [5.74, 6) is 0. The quantitative estimate of drug-likeness (QED) is 0.619. The van der Waals surface area contributed by atoms with E-state index in [4.69, 9.17) is 16.9 Å².